The van der Waals surface area contributed by atoms with Crippen LogP contribution >= 0.6 is 0 Å². The fourth-order valence-corrected chi connectivity index (χ4v) is 1.94. The van der Waals surface area contributed by atoms with Gasteiger partial charge in [-0.2, -0.15) is 0 Å². The molecule has 0 aliphatic carbocycles. The highest BCUT2D eigenvalue weighted by Crippen LogP contribution is 2.22. The van der Waals surface area contributed by atoms with E-state index in [1.165, 1.54) is 0 Å². The Hall–Kier alpha value is -1.14. The van der Waals surface area contributed by atoms with E-state index in [9.17, 15) is 9.59 Å². The molecule has 0 aromatic carbocycles. The van der Waals surface area contributed by atoms with E-state index < -0.39 is 11.9 Å². The number of likely N-dealkylation sites (tertiary alicyclic amines) is 1. The number of aliphatic hydroxyl groups is 1. The van der Waals surface area contributed by atoms with Gasteiger partial charge in [0, 0.05) is 6.04 Å². The third-order valence-corrected chi connectivity index (χ3v) is 2.79. The van der Waals surface area contributed by atoms with Crippen LogP contribution < -0.4 is 11.1 Å². The number of primary amides is 1. The molecule has 1 fully saturated rings. The second-order valence-corrected chi connectivity index (χ2v) is 3.90. The van der Waals surface area contributed by atoms with Crippen molar-refractivity contribution in [2.24, 2.45) is 11.7 Å². The standard InChI is InChI=1S/C9H17N3O3/c1-6-2-3-12(7(6)5-13)4-8(14)11-9(10)15/h6-7,13H,2-5H2,1H3,(H3,10,11,14,15). The SMILES string of the molecule is CC1CCN(CC(=O)NC(N)=O)C1CO. The van der Waals surface area contributed by atoms with E-state index >= 15 is 0 Å². The molecule has 1 rings (SSSR count). The summed E-state index contributed by atoms with van der Waals surface area (Å²) < 4.78 is 0. The molecule has 1 aliphatic rings. The maximum absolute atomic E-state index is 11.2. The lowest BCUT2D eigenvalue weighted by Gasteiger charge is -2.23. The first kappa shape index (κ1) is 11.9. The molecule has 4 N–H and O–H groups in total. The van der Waals surface area contributed by atoms with Crippen LogP contribution in [0, 0.1) is 5.92 Å². The van der Waals surface area contributed by atoms with Gasteiger partial charge < -0.3 is 10.8 Å². The number of rotatable bonds is 3. The zero-order valence-corrected chi connectivity index (χ0v) is 8.77. The topological polar surface area (TPSA) is 95.7 Å². The Morgan fingerprint density at radius 3 is 2.80 bits per heavy atom. The predicted octanol–water partition coefficient (Wildman–Crippen LogP) is -1.12. The number of carbonyl (C=O) groups is 2. The van der Waals surface area contributed by atoms with Gasteiger partial charge >= 0.3 is 6.03 Å². The first-order valence-electron chi connectivity index (χ1n) is 4.98. The van der Waals surface area contributed by atoms with E-state index in [4.69, 9.17) is 10.8 Å². The summed E-state index contributed by atoms with van der Waals surface area (Å²) in [5.41, 5.74) is 4.82. The van der Waals surface area contributed by atoms with Crippen molar-refractivity contribution in [1.29, 1.82) is 0 Å². The van der Waals surface area contributed by atoms with E-state index in [1.807, 2.05) is 17.1 Å². The minimum Gasteiger partial charge on any atom is -0.395 e. The van der Waals surface area contributed by atoms with Crippen LogP contribution in [0.2, 0.25) is 0 Å². The lowest BCUT2D eigenvalue weighted by Crippen LogP contribution is -2.45. The van der Waals surface area contributed by atoms with Crippen LogP contribution in [0.4, 0.5) is 4.79 Å². The molecule has 6 nitrogen and oxygen atoms in total. The van der Waals surface area contributed by atoms with Crippen LogP contribution in [0.15, 0.2) is 0 Å². The van der Waals surface area contributed by atoms with E-state index in [0.29, 0.717) is 5.92 Å². The van der Waals surface area contributed by atoms with Crippen LogP contribution in [-0.2, 0) is 4.79 Å². The predicted molar refractivity (Wildman–Crippen MR) is 54.0 cm³/mol. The molecule has 1 saturated heterocycles. The number of carbonyl (C=O) groups excluding carboxylic acids is 2. The van der Waals surface area contributed by atoms with Crippen molar-refractivity contribution in [3.8, 4) is 0 Å². The first-order valence-corrected chi connectivity index (χ1v) is 4.98. The minimum atomic E-state index is -0.840. The highest BCUT2D eigenvalue weighted by molar-refractivity contribution is 5.94. The highest BCUT2D eigenvalue weighted by Gasteiger charge is 2.31. The zero-order valence-electron chi connectivity index (χ0n) is 8.77. The molecule has 0 bridgehead atoms. The maximum Gasteiger partial charge on any atom is 0.318 e. The van der Waals surface area contributed by atoms with E-state index in [0.717, 1.165) is 13.0 Å². The number of nitrogens with one attached hydrogen (secondary N) is 1. The summed E-state index contributed by atoms with van der Waals surface area (Å²) in [6, 6.07) is -0.837. The molecule has 2 unspecified atom stereocenters. The molecule has 0 saturated carbocycles. The summed E-state index contributed by atoms with van der Waals surface area (Å²) in [6.07, 6.45) is 0.953. The fourth-order valence-electron chi connectivity index (χ4n) is 1.94. The van der Waals surface area contributed by atoms with Crippen molar-refractivity contribution < 1.29 is 14.7 Å². The largest absolute Gasteiger partial charge is 0.395 e. The van der Waals surface area contributed by atoms with Crippen LogP contribution in [0.5, 0.6) is 0 Å². The summed E-state index contributed by atoms with van der Waals surface area (Å²) >= 11 is 0. The van der Waals surface area contributed by atoms with Gasteiger partial charge in [0.2, 0.25) is 5.91 Å². The van der Waals surface area contributed by atoms with Gasteiger partial charge in [0.25, 0.3) is 0 Å². The van der Waals surface area contributed by atoms with Gasteiger partial charge in [0.1, 0.15) is 0 Å². The van der Waals surface area contributed by atoms with Gasteiger partial charge in [0.05, 0.1) is 13.2 Å². The lowest BCUT2D eigenvalue weighted by molar-refractivity contribution is -0.121. The summed E-state index contributed by atoms with van der Waals surface area (Å²) in [5, 5.41) is 11.1. The van der Waals surface area contributed by atoms with Crippen LogP contribution in [0.1, 0.15) is 13.3 Å². The maximum atomic E-state index is 11.2. The summed E-state index contributed by atoms with van der Waals surface area (Å²) in [6.45, 7) is 2.94. The fraction of sp³-hybridized carbons (Fsp3) is 0.778. The Bertz CT molecular complexity index is 257. The van der Waals surface area contributed by atoms with Crippen LogP contribution in [0.25, 0.3) is 0 Å². The molecule has 0 aromatic rings. The zero-order chi connectivity index (χ0) is 11.4. The Morgan fingerprint density at radius 2 is 2.27 bits per heavy atom. The average Bonchev–Trinajstić information content (AvgIpc) is 2.45. The number of hydrogen-bond acceptors (Lipinski definition) is 4. The second kappa shape index (κ2) is 5.09. The van der Waals surface area contributed by atoms with Crippen molar-refractivity contribution in [3.63, 3.8) is 0 Å². The molecule has 0 aromatic heterocycles. The van der Waals surface area contributed by atoms with Crippen LogP contribution in [0.3, 0.4) is 0 Å². The summed E-state index contributed by atoms with van der Waals surface area (Å²) in [4.78, 5) is 23.5. The number of nitrogens with zero attached hydrogens (tertiary/aromatic N) is 1. The van der Waals surface area contributed by atoms with Gasteiger partial charge in [-0.3, -0.25) is 15.0 Å². The number of hydrogen-bond donors (Lipinski definition) is 3. The van der Waals surface area contributed by atoms with E-state index in [2.05, 4.69) is 0 Å². The molecule has 6 heteroatoms. The minimum absolute atomic E-state index is 0.00336. The van der Waals surface area contributed by atoms with Gasteiger partial charge in [-0.05, 0) is 18.9 Å². The van der Waals surface area contributed by atoms with Crippen molar-refractivity contribution in [3.05, 3.63) is 0 Å². The lowest BCUT2D eigenvalue weighted by atomic mass is 10.0. The molecule has 0 spiro atoms. The molecule has 86 valence electrons. The van der Waals surface area contributed by atoms with Crippen molar-refractivity contribution >= 4 is 11.9 Å². The Labute approximate surface area is 88.4 Å². The molecular weight excluding hydrogens is 198 g/mol. The second-order valence-electron chi connectivity index (χ2n) is 3.90. The smallest absolute Gasteiger partial charge is 0.318 e. The normalized spacial score (nSPS) is 26.5. The van der Waals surface area contributed by atoms with Gasteiger partial charge in [0.15, 0.2) is 0 Å². The van der Waals surface area contributed by atoms with E-state index in [1.54, 1.807) is 0 Å². The van der Waals surface area contributed by atoms with E-state index in [-0.39, 0.29) is 19.2 Å². The summed E-state index contributed by atoms with van der Waals surface area (Å²) in [5.74, 6) is -0.0496. The molecule has 3 amide bonds. The number of urea groups is 1. The van der Waals surface area contributed by atoms with Crippen molar-refractivity contribution in [1.82, 2.24) is 10.2 Å². The van der Waals surface area contributed by atoms with Gasteiger partial charge in [-0.15, -0.1) is 0 Å². The number of nitrogens with two attached hydrogens (primary N) is 1. The quantitative estimate of drug-likeness (QED) is 0.556. The Kier molecular flexibility index (Phi) is 4.05. The number of aliphatic hydroxyl groups excluding tert-OH is 1. The average molecular weight is 215 g/mol. The highest BCUT2D eigenvalue weighted by atomic mass is 16.3. The Balaban J connectivity index is 2.44. The molecule has 1 heterocycles. The molecule has 2 atom stereocenters. The number of amides is 3. The van der Waals surface area contributed by atoms with Gasteiger partial charge in [-0.1, -0.05) is 6.92 Å². The van der Waals surface area contributed by atoms with Crippen molar-refractivity contribution in [2.45, 2.75) is 19.4 Å². The Morgan fingerprint density at radius 1 is 1.60 bits per heavy atom. The first-order chi connectivity index (χ1) is 7.04. The number of imide groups is 1. The molecular formula is C9H17N3O3. The molecule has 15 heavy (non-hydrogen) atoms. The third-order valence-electron chi connectivity index (χ3n) is 2.79. The summed E-state index contributed by atoms with van der Waals surface area (Å²) in [7, 11) is 0. The monoisotopic (exact) mass is 215 g/mol. The van der Waals surface area contributed by atoms with Gasteiger partial charge in [-0.25, -0.2) is 4.79 Å². The third kappa shape index (κ3) is 3.17. The van der Waals surface area contributed by atoms with Crippen molar-refractivity contribution in [2.75, 3.05) is 19.7 Å². The van der Waals surface area contributed by atoms with Crippen LogP contribution in [-0.4, -0.2) is 47.7 Å². The molecule has 1 aliphatic heterocycles. The molecule has 0 radical (unpaired) electrons.